The second-order valence-electron chi connectivity index (χ2n) is 6.43. The van der Waals surface area contributed by atoms with Crippen molar-refractivity contribution in [2.45, 2.75) is 26.4 Å². The number of hydrogen-bond acceptors (Lipinski definition) is 4. The van der Waals surface area contributed by atoms with Crippen molar-refractivity contribution in [1.82, 2.24) is 16.0 Å². The van der Waals surface area contributed by atoms with Crippen LogP contribution in [0.15, 0.2) is 53.5 Å². The number of aliphatic imine (C=N–C) groups is 1. The van der Waals surface area contributed by atoms with Crippen LogP contribution in [0.2, 0.25) is 0 Å². The van der Waals surface area contributed by atoms with E-state index in [0.717, 1.165) is 5.56 Å². The Morgan fingerprint density at radius 1 is 1.10 bits per heavy atom. The van der Waals surface area contributed by atoms with Crippen LogP contribution in [-0.4, -0.2) is 39.2 Å². The fourth-order valence-electron chi connectivity index (χ4n) is 2.74. The molecular formula is C22H30N4O3. The maximum atomic E-state index is 11.6. The second-order valence-corrected chi connectivity index (χ2v) is 6.43. The number of methoxy groups -OCH3 is 1. The molecule has 1 atom stereocenters. The molecular weight excluding hydrogens is 368 g/mol. The van der Waals surface area contributed by atoms with Gasteiger partial charge in [-0.2, -0.15) is 0 Å². The first-order valence-electron chi connectivity index (χ1n) is 9.65. The van der Waals surface area contributed by atoms with Crippen molar-refractivity contribution in [1.29, 1.82) is 0 Å². The lowest BCUT2D eigenvalue weighted by atomic mass is 10.1. The fraction of sp³-hybridized carbons (Fsp3) is 0.364. The Hall–Kier alpha value is -3.22. The Balaban J connectivity index is 1.94. The highest BCUT2D eigenvalue weighted by atomic mass is 16.5. The molecule has 3 N–H and O–H groups in total. The van der Waals surface area contributed by atoms with Gasteiger partial charge in [-0.3, -0.25) is 9.79 Å². The fourth-order valence-corrected chi connectivity index (χ4v) is 2.74. The summed E-state index contributed by atoms with van der Waals surface area (Å²) < 4.78 is 11.0. The number of benzene rings is 2. The zero-order valence-corrected chi connectivity index (χ0v) is 17.5. The minimum atomic E-state index is -0.164. The molecule has 0 fully saturated rings. The first kappa shape index (κ1) is 22.1. The molecule has 2 rings (SSSR count). The average Bonchev–Trinajstić information content (AvgIpc) is 2.76. The lowest BCUT2D eigenvalue weighted by Crippen LogP contribution is -2.38. The van der Waals surface area contributed by atoms with Gasteiger partial charge in [0.25, 0.3) is 5.91 Å². The molecule has 2 aromatic rings. The van der Waals surface area contributed by atoms with E-state index < -0.39 is 0 Å². The van der Waals surface area contributed by atoms with Crippen molar-refractivity contribution in [2.24, 2.45) is 4.99 Å². The van der Waals surface area contributed by atoms with E-state index in [9.17, 15) is 4.79 Å². The van der Waals surface area contributed by atoms with Gasteiger partial charge >= 0.3 is 0 Å². The Morgan fingerprint density at radius 2 is 1.86 bits per heavy atom. The number of carbonyl (C=O) groups excluding carboxylic acids is 1. The first-order valence-corrected chi connectivity index (χ1v) is 9.65. The van der Waals surface area contributed by atoms with Crippen molar-refractivity contribution >= 4 is 11.9 Å². The Bertz CT molecular complexity index is 809. The molecule has 0 bridgehead atoms. The lowest BCUT2D eigenvalue weighted by Gasteiger charge is -2.18. The number of guanidine groups is 1. The number of amides is 1. The molecule has 0 heterocycles. The largest absolute Gasteiger partial charge is 0.493 e. The number of nitrogens with zero attached hydrogens (tertiary/aromatic N) is 1. The molecule has 0 spiro atoms. The SMILES string of the molecule is CCNC(=O)COc1ccc(CNC(=NC)NC(C)c2ccccc2)cc1OC. The summed E-state index contributed by atoms with van der Waals surface area (Å²) >= 11 is 0. The Labute approximate surface area is 172 Å². The van der Waals surface area contributed by atoms with E-state index in [2.05, 4.69) is 40.0 Å². The van der Waals surface area contributed by atoms with Crippen LogP contribution < -0.4 is 25.4 Å². The second kappa shape index (κ2) is 11.6. The predicted molar refractivity (Wildman–Crippen MR) is 115 cm³/mol. The normalized spacial score (nSPS) is 12.1. The van der Waals surface area contributed by atoms with Gasteiger partial charge in [-0.25, -0.2) is 0 Å². The topological polar surface area (TPSA) is 84.0 Å². The summed E-state index contributed by atoms with van der Waals surface area (Å²) in [7, 11) is 3.32. The van der Waals surface area contributed by atoms with E-state index in [1.165, 1.54) is 5.56 Å². The van der Waals surface area contributed by atoms with Gasteiger partial charge in [0.05, 0.1) is 13.2 Å². The first-order chi connectivity index (χ1) is 14.1. The van der Waals surface area contributed by atoms with Gasteiger partial charge in [0.2, 0.25) is 0 Å². The molecule has 0 aromatic heterocycles. The zero-order valence-electron chi connectivity index (χ0n) is 17.5. The molecule has 0 saturated heterocycles. The number of rotatable bonds is 9. The molecule has 29 heavy (non-hydrogen) atoms. The van der Waals surface area contributed by atoms with Gasteiger partial charge in [-0.05, 0) is 37.1 Å². The number of likely N-dealkylation sites (N-methyl/N-ethyl adjacent to an activating group) is 1. The third-order valence-electron chi connectivity index (χ3n) is 4.30. The van der Waals surface area contributed by atoms with Crippen LogP contribution in [-0.2, 0) is 11.3 Å². The van der Waals surface area contributed by atoms with Gasteiger partial charge < -0.3 is 25.4 Å². The maximum absolute atomic E-state index is 11.6. The highest BCUT2D eigenvalue weighted by Crippen LogP contribution is 2.28. The van der Waals surface area contributed by atoms with E-state index >= 15 is 0 Å². The van der Waals surface area contributed by atoms with Crippen LogP contribution in [0.1, 0.15) is 31.0 Å². The number of ether oxygens (including phenoxy) is 2. The lowest BCUT2D eigenvalue weighted by molar-refractivity contribution is -0.123. The third kappa shape index (κ3) is 7.03. The van der Waals surface area contributed by atoms with E-state index in [1.807, 2.05) is 37.3 Å². The maximum Gasteiger partial charge on any atom is 0.257 e. The van der Waals surface area contributed by atoms with Crippen molar-refractivity contribution < 1.29 is 14.3 Å². The molecule has 1 amide bonds. The molecule has 1 unspecified atom stereocenters. The van der Waals surface area contributed by atoms with Gasteiger partial charge in [-0.1, -0.05) is 36.4 Å². The standard InChI is InChI=1S/C22H30N4O3/c1-5-24-21(27)15-29-19-12-11-17(13-20(19)28-4)14-25-22(23-3)26-16(2)18-9-7-6-8-10-18/h6-13,16H,5,14-15H2,1-4H3,(H,24,27)(H2,23,25,26). The van der Waals surface area contributed by atoms with Crippen molar-refractivity contribution in [2.75, 3.05) is 27.3 Å². The van der Waals surface area contributed by atoms with Crippen LogP contribution in [0.4, 0.5) is 0 Å². The van der Waals surface area contributed by atoms with Crippen molar-refractivity contribution in [3.05, 3.63) is 59.7 Å². The monoisotopic (exact) mass is 398 g/mol. The van der Waals surface area contributed by atoms with E-state index in [0.29, 0.717) is 30.5 Å². The quantitative estimate of drug-likeness (QED) is 0.447. The molecule has 0 aliphatic heterocycles. The molecule has 7 heteroatoms. The predicted octanol–water partition coefficient (Wildman–Crippen LogP) is 2.64. The van der Waals surface area contributed by atoms with Gasteiger partial charge in [-0.15, -0.1) is 0 Å². The van der Waals surface area contributed by atoms with Crippen LogP contribution >= 0.6 is 0 Å². The summed E-state index contributed by atoms with van der Waals surface area (Å²) in [4.78, 5) is 15.9. The summed E-state index contributed by atoms with van der Waals surface area (Å²) in [6, 6.07) is 15.9. The minimum absolute atomic E-state index is 0.0459. The number of hydrogen-bond donors (Lipinski definition) is 3. The summed E-state index contributed by atoms with van der Waals surface area (Å²) in [6.45, 7) is 5.04. The number of carbonyl (C=O) groups is 1. The number of nitrogens with one attached hydrogen (secondary N) is 3. The van der Waals surface area contributed by atoms with Gasteiger partial charge in [0, 0.05) is 20.1 Å². The van der Waals surface area contributed by atoms with Gasteiger partial charge in [0.1, 0.15) is 0 Å². The van der Waals surface area contributed by atoms with Crippen molar-refractivity contribution in [3.8, 4) is 11.5 Å². The smallest absolute Gasteiger partial charge is 0.257 e. The van der Waals surface area contributed by atoms with E-state index in [4.69, 9.17) is 9.47 Å². The molecule has 0 aliphatic carbocycles. The molecule has 0 saturated carbocycles. The summed E-state index contributed by atoms with van der Waals surface area (Å²) in [6.07, 6.45) is 0. The molecule has 0 aliphatic rings. The summed E-state index contributed by atoms with van der Waals surface area (Å²) in [5.74, 6) is 1.65. The minimum Gasteiger partial charge on any atom is -0.493 e. The molecule has 7 nitrogen and oxygen atoms in total. The third-order valence-corrected chi connectivity index (χ3v) is 4.30. The zero-order chi connectivity index (χ0) is 21.1. The van der Waals surface area contributed by atoms with Gasteiger partial charge in [0.15, 0.2) is 24.1 Å². The average molecular weight is 399 g/mol. The van der Waals surface area contributed by atoms with Crippen LogP contribution in [0, 0.1) is 0 Å². The molecule has 2 aromatic carbocycles. The summed E-state index contributed by atoms with van der Waals surface area (Å²) in [5.41, 5.74) is 2.19. The van der Waals surface area contributed by atoms with Crippen molar-refractivity contribution in [3.63, 3.8) is 0 Å². The molecule has 0 radical (unpaired) electrons. The van der Waals surface area contributed by atoms with Crippen LogP contribution in [0.5, 0.6) is 11.5 Å². The summed E-state index contributed by atoms with van der Waals surface area (Å²) in [5, 5.41) is 9.38. The highest BCUT2D eigenvalue weighted by molar-refractivity contribution is 5.80. The Kier molecular flexibility index (Phi) is 8.82. The highest BCUT2D eigenvalue weighted by Gasteiger charge is 2.10. The Morgan fingerprint density at radius 3 is 2.52 bits per heavy atom. The molecule has 156 valence electrons. The van der Waals surface area contributed by atoms with E-state index in [-0.39, 0.29) is 18.6 Å². The van der Waals surface area contributed by atoms with E-state index in [1.54, 1.807) is 20.2 Å². The van der Waals surface area contributed by atoms with Crippen LogP contribution in [0.3, 0.4) is 0 Å². The van der Waals surface area contributed by atoms with Crippen LogP contribution in [0.25, 0.3) is 0 Å².